The molecule has 0 radical (unpaired) electrons. The van der Waals surface area contributed by atoms with Crippen LogP contribution in [0.15, 0.2) is 10.5 Å². The first-order valence-electron chi connectivity index (χ1n) is 4.11. The number of benzene rings is 1. The summed E-state index contributed by atoms with van der Waals surface area (Å²) in [7, 11) is 0. The number of phenolic OH excluding ortho intramolecular Hbond substituents is 1. The molecule has 0 aliphatic heterocycles. The van der Waals surface area contributed by atoms with Crippen molar-refractivity contribution in [2.24, 2.45) is 5.73 Å². The maximum Gasteiger partial charge on any atom is 0.326 e. The second kappa shape index (κ2) is 4.96. The van der Waals surface area contributed by atoms with Gasteiger partial charge in [-0.05, 0) is 22.0 Å². The Kier molecular flexibility index (Phi) is 4.09. The van der Waals surface area contributed by atoms with Crippen molar-refractivity contribution in [1.29, 1.82) is 0 Å². The van der Waals surface area contributed by atoms with Crippen LogP contribution in [0.3, 0.4) is 0 Å². The number of halogens is 2. The summed E-state index contributed by atoms with van der Waals surface area (Å²) in [6.07, 6.45) is 0. The molecule has 88 valence electrons. The average molecular weight is 312 g/mol. The lowest BCUT2D eigenvalue weighted by atomic mass is 10.1. The molecular formula is C8H8BrClN2O4. The fourth-order valence-electron chi connectivity index (χ4n) is 1.17. The molecule has 16 heavy (non-hydrogen) atoms. The summed E-state index contributed by atoms with van der Waals surface area (Å²) in [4.78, 5) is 9.93. The Morgan fingerprint density at radius 3 is 2.69 bits per heavy atom. The Balaban J connectivity index is 3.50. The number of nitrogens with two attached hydrogens (primary N) is 1. The summed E-state index contributed by atoms with van der Waals surface area (Å²) in [6.45, 7) is -0.456. The molecule has 4 N–H and O–H groups in total. The minimum Gasteiger partial charge on any atom is -0.502 e. The van der Waals surface area contributed by atoms with Crippen molar-refractivity contribution in [2.45, 2.75) is 6.04 Å². The molecule has 0 aliphatic carbocycles. The van der Waals surface area contributed by atoms with Crippen LogP contribution < -0.4 is 5.73 Å². The van der Waals surface area contributed by atoms with Crippen molar-refractivity contribution in [2.75, 3.05) is 6.61 Å². The number of rotatable bonds is 3. The van der Waals surface area contributed by atoms with Crippen molar-refractivity contribution in [1.82, 2.24) is 0 Å². The van der Waals surface area contributed by atoms with E-state index in [1.54, 1.807) is 0 Å². The Hall–Kier alpha value is -0.890. The quantitative estimate of drug-likeness (QED) is 0.581. The Morgan fingerprint density at radius 1 is 1.69 bits per heavy atom. The van der Waals surface area contributed by atoms with Crippen molar-refractivity contribution in [3.63, 3.8) is 0 Å². The molecule has 1 atom stereocenters. The molecule has 1 aromatic carbocycles. The molecule has 0 aromatic heterocycles. The Labute approximate surface area is 104 Å². The highest BCUT2D eigenvalue weighted by Crippen LogP contribution is 2.43. The second-order valence-corrected chi connectivity index (χ2v) is 4.21. The van der Waals surface area contributed by atoms with E-state index in [0.717, 1.165) is 0 Å². The van der Waals surface area contributed by atoms with Crippen LogP contribution in [-0.4, -0.2) is 21.7 Å². The third kappa shape index (κ3) is 2.27. The predicted molar refractivity (Wildman–Crippen MR) is 61.5 cm³/mol. The largest absolute Gasteiger partial charge is 0.502 e. The number of nitro benzene ring substituents is 1. The molecule has 0 unspecified atom stereocenters. The van der Waals surface area contributed by atoms with E-state index in [1.165, 1.54) is 6.07 Å². The van der Waals surface area contributed by atoms with Gasteiger partial charge < -0.3 is 15.9 Å². The van der Waals surface area contributed by atoms with Crippen LogP contribution in [0, 0.1) is 10.1 Å². The molecule has 8 heteroatoms. The van der Waals surface area contributed by atoms with Crippen LogP contribution in [0.1, 0.15) is 11.6 Å². The highest BCUT2D eigenvalue weighted by molar-refractivity contribution is 9.10. The molecule has 0 bridgehead atoms. The molecule has 6 nitrogen and oxygen atoms in total. The zero-order valence-corrected chi connectivity index (χ0v) is 10.2. The van der Waals surface area contributed by atoms with E-state index < -0.39 is 29.0 Å². The van der Waals surface area contributed by atoms with Gasteiger partial charge in [0.15, 0.2) is 0 Å². The number of nitro groups is 1. The average Bonchev–Trinajstić information content (AvgIpc) is 2.22. The number of aliphatic hydroxyl groups excluding tert-OH is 1. The predicted octanol–water partition coefficient (Wildman–Crippen LogP) is 1.71. The molecule has 1 rings (SSSR count). The van der Waals surface area contributed by atoms with Crippen LogP contribution in [0.25, 0.3) is 0 Å². The SMILES string of the molecule is N[C@@H](CO)c1cc(Cl)c(Br)c([N+](=O)[O-])c1O. The molecule has 0 heterocycles. The Bertz CT molecular complexity index is 441. The minimum atomic E-state index is -0.927. The molecule has 0 fully saturated rings. The van der Waals surface area contributed by atoms with Crippen LogP contribution in [0.5, 0.6) is 5.75 Å². The highest BCUT2D eigenvalue weighted by atomic mass is 79.9. The third-order valence-electron chi connectivity index (χ3n) is 1.98. The van der Waals surface area contributed by atoms with Crippen molar-refractivity contribution >= 4 is 33.2 Å². The van der Waals surface area contributed by atoms with Crippen molar-refractivity contribution in [3.8, 4) is 5.75 Å². The summed E-state index contributed by atoms with van der Waals surface area (Å²) in [6, 6.07) is 0.346. The molecule has 0 aliphatic rings. The monoisotopic (exact) mass is 310 g/mol. The summed E-state index contributed by atoms with van der Waals surface area (Å²) >= 11 is 8.64. The van der Waals surface area contributed by atoms with E-state index in [9.17, 15) is 15.2 Å². The van der Waals surface area contributed by atoms with E-state index in [-0.39, 0.29) is 15.1 Å². The lowest BCUT2D eigenvalue weighted by molar-refractivity contribution is -0.386. The van der Waals surface area contributed by atoms with Crippen molar-refractivity contribution < 1.29 is 15.1 Å². The smallest absolute Gasteiger partial charge is 0.326 e. The van der Waals surface area contributed by atoms with E-state index >= 15 is 0 Å². The first kappa shape index (κ1) is 13.2. The van der Waals surface area contributed by atoms with E-state index in [0.29, 0.717) is 0 Å². The first-order valence-corrected chi connectivity index (χ1v) is 5.29. The van der Waals surface area contributed by atoms with Gasteiger partial charge in [-0.3, -0.25) is 10.1 Å². The van der Waals surface area contributed by atoms with Gasteiger partial charge in [-0.25, -0.2) is 0 Å². The van der Waals surface area contributed by atoms with E-state index in [2.05, 4.69) is 15.9 Å². The zero-order chi connectivity index (χ0) is 12.5. The van der Waals surface area contributed by atoms with Crippen LogP contribution in [0.2, 0.25) is 5.02 Å². The Morgan fingerprint density at radius 2 is 2.25 bits per heavy atom. The van der Waals surface area contributed by atoms with Gasteiger partial charge in [0.05, 0.1) is 22.6 Å². The lowest BCUT2D eigenvalue weighted by Crippen LogP contribution is -2.15. The fourth-order valence-corrected chi connectivity index (χ4v) is 1.82. The summed E-state index contributed by atoms with van der Waals surface area (Å²) in [5.74, 6) is -0.595. The molecule has 1 aromatic rings. The van der Waals surface area contributed by atoms with Gasteiger partial charge in [0.25, 0.3) is 0 Å². The van der Waals surface area contributed by atoms with E-state index in [1.807, 2.05) is 0 Å². The molecule has 0 spiro atoms. The second-order valence-electron chi connectivity index (χ2n) is 3.00. The molecule has 0 saturated carbocycles. The number of phenols is 1. The van der Waals surface area contributed by atoms with Gasteiger partial charge in [-0.2, -0.15) is 0 Å². The summed E-state index contributed by atoms with van der Waals surface area (Å²) in [5, 5.41) is 29.2. The number of hydrogen-bond acceptors (Lipinski definition) is 5. The van der Waals surface area contributed by atoms with E-state index in [4.69, 9.17) is 22.4 Å². The number of nitrogens with zero attached hydrogens (tertiary/aromatic N) is 1. The topological polar surface area (TPSA) is 110 Å². The van der Waals surface area contributed by atoms with Gasteiger partial charge in [0.1, 0.15) is 4.47 Å². The van der Waals surface area contributed by atoms with Crippen LogP contribution >= 0.6 is 27.5 Å². The maximum atomic E-state index is 10.7. The number of aromatic hydroxyl groups is 1. The van der Waals surface area contributed by atoms with Gasteiger partial charge >= 0.3 is 5.69 Å². The highest BCUT2D eigenvalue weighted by Gasteiger charge is 2.26. The van der Waals surface area contributed by atoms with Gasteiger partial charge in [-0.15, -0.1) is 0 Å². The molecular weight excluding hydrogens is 303 g/mol. The summed E-state index contributed by atoms with van der Waals surface area (Å²) in [5.41, 5.74) is 4.94. The lowest BCUT2D eigenvalue weighted by Gasteiger charge is -2.12. The van der Waals surface area contributed by atoms with Crippen molar-refractivity contribution in [3.05, 3.63) is 31.2 Å². The number of aliphatic hydroxyl groups is 1. The van der Waals surface area contributed by atoms with Crippen LogP contribution in [-0.2, 0) is 0 Å². The fraction of sp³-hybridized carbons (Fsp3) is 0.250. The standard InChI is InChI=1S/C8H8BrClN2O4/c9-6-4(10)1-3(5(11)2-13)8(14)7(6)12(15)16/h1,5,13-14H,2,11H2/t5-/m0/s1. The minimum absolute atomic E-state index is 0.0226. The zero-order valence-electron chi connectivity index (χ0n) is 7.85. The first-order chi connectivity index (χ1) is 7.40. The van der Waals surface area contributed by atoms with Gasteiger partial charge in [0.2, 0.25) is 5.75 Å². The number of hydrogen-bond donors (Lipinski definition) is 3. The van der Waals surface area contributed by atoms with Gasteiger partial charge in [-0.1, -0.05) is 11.6 Å². The third-order valence-corrected chi connectivity index (χ3v) is 3.31. The normalized spacial score (nSPS) is 12.5. The van der Waals surface area contributed by atoms with Gasteiger partial charge in [0, 0.05) is 5.56 Å². The van der Waals surface area contributed by atoms with Crippen LogP contribution in [0.4, 0.5) is 5.69 Å². The molecule has 0 amide bonds. The summed E-state index contributed by atoms with van der Waals surface area (Å²) < 4.78 is -0.0226. The molecule has 0 saturated heterocycles. The maximum absolute atomic E-state index is 10.7.